The van der Waals surface area contributed by atoms with Gasteiger partial charge in [0.2, 0.25) is 0 Å². The van der Waals surface area contributed by atoms with E-state index in [1.807, 2.05) is 66.7 Å². The maximum Gasteiger partial charge on any atom is 0.336 e. The first-order chi connectivity index (χ1) is 13.8. The summed E-state index contributed by atoms with van der Waals surface area (Å²) in [4.78, 5) is 11.3. The van der Waals surface area contributed by atoms with Crippen molar-refractivity contribution in [3.05, 3.63) is 95.3 Å². The molecule has 1 heterocycles. The van der Waals surface area contributed by atoms with E-state index in [1.165, 1.54) is 6.07 Å². The van der Waals surface area contributed by atoms with Crippen LogP contribution in [0.4, 0.5) is 0 Å². The summed E-state index contributed by atoms with van der Waals surface area (Å²) >= 11 is 0. The lowest BCUT2D eigenvalue weighted by Gasteiger charge is -2.10. The van der Waals surface area contributed by atoms with Crippen LogP contribution < -0.4 is 19.8 Å². The average Bonchev–Trinajstić information content (AvgIpc) is 2.73. The van der Waals surface area contributed by atoms with Crippen LogP contribution in [-0.4, -0.2) is 13.2 Å². The fourth-order valence-corrected chi connectivity index (χ4v) is 2.68. The number of para-hydroxylation sites is 1. The van der Waals surface area contributed by atoms with Crippen LogP contribution in [-0.2, 0) is 0 Å². The fraction of sp³-hybridized carbons (Fsp3) is 0.0870. The van der Waals surface area contributed by atoms with Gasteiger partial charge in [0, 0.05) is 17.5 Å². The van der Waals surface area contributed by atoms with Crippen molar-refractivity contribution < 1.29 is 18.6 Å². The smallest absolute Gasteiger partial charge is 0.336 e. The second-order valence-electron chi connectivity index (χ2n) is 6.04. The highest BCUT2D eigenvalue weighted by atomic mass is 16.5. The Bertz CT molecular complexity index is 1100. The summed E-state index contributed by atoms with van der Waals surface area (Å²) in [5.74, 6) is 2.88. The lowest BCUT2D eigenvalue weighted by Crippen LogP contribution is -2.09. The maximum absolute atomic E-state index is 11.3. The molecule has 3 aromatic carbocycles. The van der Waals surface area contributed by atoms with Crippen LogP contribution in [0.15, 0.2) is 94.1 Å². The number of hydrogen-bond donors (Lipinski definition) is 0. The maximum atomic E-state index is 11.3. The van der Waals surface area contributed by atoms with Crippen molar-refractivity contribution in [1.29, 1.82) is 0 Å². The van der Waals surface area contributed by atoms with Crippen LogP contribution in [0.25, 0.3) is 11.0 Å². The first-order valence-electron chi connectivity index (χ1n) is 8.89. The molecule has 0 aliphatic heterocycles. The summed E-state index contributed by atoms with van der Waals surface area (Å²) in [5.41, 5.74) is 0.118. The molecule has 5 heteroatoms. The third kappa shape index (κ3) is 4.51. The molecule has 0 unspecified atom stereocenters. The second-order valence-corrected chi connectivity index (χ2v) is 6.04. The Hall–Kier alpha value is -3.73. The van der Waals surface area contributed by atoms with Crippen molar-refractivity contribution in [2.75, 3.05) is 13.2 Å². The van der Waals surface area contributed by atoms with Gasteiger partial charge in [-0.25, -0.2) is 4.79 Å². The van der Waals surface area contributed by atoms with Gasteiger partial charge in [-0.2, -0.15) is 0 Å². The van der Waals surface area contributed by atoms with Crippen molar-refractivity contribution in [3.63, 3.8) is 0 Å². The largest absolute Gasteiger partial charge is 0.490 e. The third-order valence-electron chi connectivity index (χ3n) is 4.02. The molecular formula is C23H18O5. The Morgan fingerprint density at radius 2 is 1.25 bits per heavy atom. The quantitative estimate of drug-likeness (QED) is 0.335. The number of hydrogen-bond acceptors (Lipinski definition) is 5. The lowest BCUT2D eigenvalue weighted by atomic mass is 10.2. The Morgan fingerprint density at radius 3 is 2.04 bits per heavy atom. The highest BCUT2D eigenvalue weighted by Gasteiger charge is 2.02. The molecule has 1 aromatic heterocycles. The van der Waals surface area contributed by atoms with Crippen LogP contribution in [0.3, 0.4) is 0 Å². The molecule has 4 rings (SSSR count). The Kier molecular flexibility index (Phi) is 5.24. The zero-order valence-corrected chi connectivity index (χ0v) is 15.0. The first-order valence-corrected chi connectivity index (χ1v) is 8.89. The minimum Gasteiger partial charge on any atom is -0.490 e. The molecule has 0 amide bonds. The summed E-state index contributed by atoms with van der Waals surface area (Å²) in [6.07, 6.45) is 0. The predicted molar refractivity (Wildman–Crippen MR) is 106 cm³/mol. The SMILES string of the molecule is O=c1ccc2ccc(OCCOc3ccc(Oc4ccccc4)cc3)cc2o1. The molecule has 0 bridgehead atoms. The van der Waals surface area contributed by atoms with E-state index in [0.717, 1.165) is 22.6 Å². The van der Waals surface area contributed by atoms with Crippen LogP contribution in [0.1, 0.15) is 0 Å². The molecule has 0 spiro atoms. The van der Waals surface area contributed by atoms with Crippen LogP contribution in [0.5, 0.6) is 23.0 Å². The topological polar surface area (TPSA) is 57.9 Å². The van der Waals surface area contributed by atoms with E-state index in [1.54, 1.807) is 12.1 Å². The van der Waals surface area contributed by atoms with E-state index < -0.39 is 0 Å². The minimum absolute atomic E-state index is 0.366. The molecule has 140 valence electrons. The predicted octanol–water partition coefficient (Wildman–Crippen LogP) is 5.04. The standard InChI is InChI=1S/C23H18O5/c24-23-13-7-17-6-8-21(16-22(17)28-23)26-15-14-25-18-9-11-20(12-10-18)27-19-4-2-1-3-5-19/h1-13,16H,14-15H2. The van der Waals surface area contributed by atoms with E-state index in [0.29, 0.717) is 24.5 Å². The van der Waals surface area contributed by atoms with Crippen molar-refractivity contribution in [2.24, 2.45) is 0 Å². The van der Waals surface area contributed by atoms with Gasteiger partial charge in [-0.3, -0.25) is 0 Å². The molecule has 4 aromatic rings. The zero-order valence-electron chi connectivity index (χ0n) is 15.0. The molecule has 0 aliphatic carbocycles. The highest BCUT2D eigenvalue weighted by molar-refractivity contribution is 5.77. The molecular weight excluding hydrogens is 356 g/mol. The Balaban J connectivity index is 1.27. The van der Waals surface area contributed by atoms with Crippen molar-refractivity contribution in [3.8, 4) is 23.0 Å². The summed E-state index contributed by atoms with van der Waals surface area (Å²) in [6.45, 7) is 0.750. The number of rotatable bonds is 7. The van der Waals surface area contributed by atoms with Crippen LogP contribution >= 0.6 is 0 Å². The van der Waals surface area contributed by atoms with Gasteiger partial charge in [-0.15, -0.1) is 0 Å². The summed E-state index contributed by atoms with van der Waals surface area (Å²) in [7, 11) is 0. The van der Waals surface area contributed by atoms with Crippen LogP contribution in [0.2, 0.25) is 0 Å². The summed E-state index contributed by atoms with van der Waals surface area (Å²) in [6, 6.07) is 25.5. The van der Waals surface area contributed by atoms with E-state index in [4.69, 9.17) is 18.6 Å². The molecule has 0 aliphatic rings. The minimum atomic E-state index is -0.382. The number of ether oxygens (including phenoxy) is 3. The van der Waals surface area contributed by atoms with E-state index in [-0.39, 0.29) is 5.63 Å². The normalized spacial score (nSPS) is 10.6. The van der Waals surface area contributed by atoms with Crippen molar-refractivity contribution in [1.82, 2.24) is 0 Å². The van der Waals surface area contributed by atoms with Gasteiger partial charge in [0.15, 0.2) is 0 Å². The first kappa shape index (κ1) is 17.7. The molecule has 28 heavy (non-hydrogen) atoms. The second kappa shape index (κ2) is 8.31. The van der Waals surface area contributed by atoms with Gasteiger partial charge in [0.25, 0.3) is 0 Å². The number of benzene rings is 3. The molecule has 0 saturated carbocycles. The van der Waals surface area contributed by atoms with Crippen molar-refractivity contribution >= 4 is 11.0 Å². The van der Waals surface area contributed by atoms with E-state index in [9.17, 15) is 4.79 Å². The van der Waals surface area contributed by atoms with Gasteiger partial charge in [-0.1, -0.05) is 18.2 Å². The van der Waals surface area contributed by atoms with Gasteiger partial charge >= 0.3 is 5.63 Å². The van der Waals surface area contributed by atoms with Gasteiger partial charge < -0.3 is 18.6 Å². The van der Waals surface area contributed by atoms with Gasteiger partial charge in [0.05, 0.1) is 0 Å². The van der Waals surface area contributed by atoms with Gasteiger partial charge in [-0.05, 0) is 54.6 Å². The molecule has 0 saturated heterocycles. The van der Waals surface area contributed by atoms with E-state index >= 15 is 0 Å². The van der Waals surface area contributed by atoms with Crippen molar-refractivity contribution in [2.45, 2.75) is 0 Å². The monoisotopic (exact) mass is 374 g/mol. The van der Waals surface area contributed by atoms with Gasteiger partial charge in [0.1, 0.15) is 41.8 Å². The molecule has 0 atom stereocenters. The summed E-state index contributed by atoms with van der Waals surface area (Å²) < 4.78 is 22.3. The summed E-state index contributed by atoms with van der Waals surface area (Å²) in [5, 5.41) is 0.848. The van der Waals surface area contributed by atoms with E-state index in [2.05, 4.69) is 0 Å². The Labute approximate surface area is 161 Å². The zero-order chi connectivity index (χ0) is 19.2. The lowest BCUT2D eigenvalue weighted by molar-refractivity contribution is 0.217. The molecule has 0 fully saturated rings. The molecule has 5 nitrogen and oxygen atoms in total. The fourth-order valence-electron chi connectivity index (χ4n) is 2.68. The Morgan fingerprint density at radius 1 is 0.643 bits per heavy atom. The highest BCUT2D eigenvalue weighted by Crippen LogP contribution is 2.23. The molecule has 0 N–H and O–H groups in total. The third-order valence-corrected chi connectivity index (χ3v) is 4.02. The average molecular weight is 374 g/mol. The number of fused-ring (bicyclic) bond motifs is 1. The van der Waals surface area contributed by atoms with Crippen LogP contribution in [0, 0.1) is 0 Å². The molecule has 0 radical (unpaired) electrons.